The van der Waals surface area contributed by atoms with Crippen molar-refractivity contribution in [2.45, 2.75) is 53.0 Å². The SMILES string of the molecule is C=C(C)c1cccc([SiH](C)N(CCCC)CCCC)c1. The molecule has 0 amide bonds. The maximum absolute atomic E-state index is 4.07. The molecular formula is C18H31NSi. The van der Waals surface area contributed by atoms with E-state index in [1.165, 1.54) is 49.9 Å². The average molecular weight is 290 g/mol. The Kier molecular flexibility index (Phi) is 7.86. The lowest BCUT2D eigenvalue weighted by Gasteiger charge is -2.28. The van der Waals surface area contributed by atoms with Gasteiger partial charge in [0.05, 0.1) is 0 Å². The van der Waals surface area contributed by atoms with E-state index >= 15 is 0 Å². The third kappa shape index (κ3) is 5.26. The second-order valence-electron chi connectivity index (χ2n) is 5.82. The minimum Gasteiger partial charge on any atom is -0.323 e. The number of benzene rings is 1. The summed E-state index contributed by atoms with van der Waals surface area (Å²) in [4.78, 5) is 0. The first-order chi connectivity index (χ1) is 9.60. The Balaban J connectivity index is 2.83. The molecule has 1 aromatic carbocycles. The summed E-state index contributed by atoms with van der Waals surface area (Å²) >= 11 is 0. The molecule has 1 atom stereocenters. The normalized spacial score (nSPS) is 12.7. The fourth-order valence-corrected chi connectivity index (χ4v) is 4.87. The number of hydrogen-bond acceptors (Lipinski definition) is 1. The summed E-state index contributed by atoms with van der Waals surface area (Å²) in [6.45, 7) is 15.7. The second kappa shape index (κ2) is 9.14. The zero-order valence-corrected chi connectivity index (χ0v) is 14.9. The van der Waals surface area contributed by atoms with Crippen molar-refractivity contribution in [3.63, 3.8) is 0 Å². The first kappa shape index (κ1) is 17.2. The topological polar surface area (TPSA) is 3.24 Å². The maximum Gasteiger partial charge on any atom is 0.140 e. The van der Waals surface area contributed by atoms with Crippen molar-refractivity contribution in [3.05, 3.63) is 36.4 Å². The fourth-order valence-electron chi connectivity index (χ4n) is 2.50. The number of allylic oxidation sites excluding steroid dienone is 1. The molecule has 2 heteroatoms. The van der Waals surface area contributed by atoms with Crippen LogP contribution >= 0.6 is 0 Å². The highest BCUT2D eigenvalue weighted by Gasteiger charge is 2.16. The van der Waals surface area contributed by atoms with Gasteiger partial charge in [-0.05, 0) is 43.6 Å². The lowest BCUT2D eigenvalue weighted by atomic mass is 10.1. The van der Waals surface area contributed by atoms with Gasteiger partial charge in [0.25, 0.3) is 0 Å². The van der Waals surface area contributed by atoms with E-state index < -0.39 is 8.96 Å². The Morgan fingerprint density at radius 2 is 1.75 bits per heavy atom. The molecule has 1 aromatic rings. The van der Waals surface area contributed by atoms with Crippen molar-refractivity contribution in [1.82, 2.24) is 4.57 Å². The van der Waals surface area contributed by atoms with E-state index in [1.54, 1.807) is 5.19 Å². The summed E-state index contributed by atoms with van der Waals surface area (Å²) in [7, 11) is -1.02. The third-order valence-corrected chi connectivity index (χ3v) is 6.94. The van der Waals surface area contributed by atoms with Gasteiger partial charge in [0.15, 0.2) is 0 Å². The predicted octanol–water partition coefficient (Wildman–Crippen LogP) is 4.18. The quantitative estimate of drug-likeness (QED) is 0.616. The molecule has 0 spiro atoms. The van der Waals surface area contributed by atoms with E-state index in [1.807, 2.05) is 0 Å². The van der Waals surface area contributed by atoms with Crippen LogP contribution in [0.3, 0.4) is 0 Å². The van der Waals surface area contributed by atoms with Gasteiger partial charge in [-0.1, -0.05) is 69.7 Å². The fraction of sp³-hybridized carbons (Fsp3) is 0.556. The zero-order chi connectivity index (χ0) is 15.0. The van der Waals surface area contributed by atoms with Crippen LogP contribution < -0.4 is 5.19 Å². The van der Waals surface area contributed by atoms with Gasteiger partial charge >= 0.3 is 0 Å². The first-order valence-electron chi connectivity index (χ1n) is 8.10. The van der Waals surface area contributed by atoms with E-state index in [-0.39, 0.29) is 0 Å². The van der Waals surface area contributed by atoms with Crippen molar-refractivity contribution in [1.29, 1.82) is 0 Å². The van der Waals surface area contributed by atoms with Crippen LogP contribution in [0.25, 0.3) is 5.57 Å². The van der Waals surface area contributed by atoms with Crippen LogP contribution in [-0.4, -0.2) is 26.6 Å². The lowest BCUT2D eigenvalue weighted by Crippen LogP contribution is -2.47. The van der Waals surface area contributed by atoms with Gasteiger partial charge in [-0.25, -0.2) is 0 Å². The molecule has 1 nitrogen and oxygen atoms in total. The van der Waals surface area contributed by atoms with E-state index in [9.17, 15) is 0 Å². The minimum absolute atomic E-state index is 1.02. The van der Waals surface area contributed by atoms with Crippen LogP contribution in [0.15, 0.2) is 30.8 Å². The molecule has 0 radical (unpaired) electrons. The van der Waals surface area contributed by atoms with Crippen molar-refractivity contribution in [2.75, 3.05) is 13.1 Å². The van der Waals surface area contributed by atoms with Crippen LogP contribution in [0.2, 0.25) is 6.55 Å². The van der Waals surface area contributed by atoms with E-state index in [4.69, 9.17) is 0 Å². The Hall–Kier alpha value is -0.863. The number of hydrogen-bond donors (Lipinski definition) is 0. The first-order valence-corrected chi connectivity index (χ1v) is 10.3. The summed E-state index contributed by atoms with van der Waals surface area (Å²) in [5.74, 6) is 0. The molecule has 112 valence electrons. The molecule has 0 aliphatic rings. The molecule has 0 fully saturated rings. The summed E-state index contributed by atoms with van der Waals surface area (Å²) in [6, 6.07) is 9.05. The summed E-state index contributed by atoms with van der Waals surface area (Å²) in [6.07, 6.45) is 5.22. The average Bonchev–Trinajstić information content (AvgIpc) is 2.47. The monoisotopic (exact) mass is 289 g/mol. The smallest absolute Gasteiger partial charge is 0.140 e. The molecule has 1 unspecified atom stereocenters. The van der Waals surface area contributed by atoms with Gasteiger partial charge in [-0.15, -0.1) is 0 Å². The van der Waals surface area contributed by atoms with Crippen molar-refractivity contribution < 1.29 is 0 Å². The molecule has 0 bridgehead atoms. The molecular weight excluding hydrogens is 258 g/mol. The number of unbranched alkanes of at least 4 members (excludes halogenated alkanes) is 2. The van der Waals surface area contributed by atoms with E-state index in [2.05, 4.69) is 62.7 Å². The Bertz CT molecular complexity index is 406. The molecule has 0 saturated carbocycles. The molecule has 0 N–H and O–H groups in total. The van der Waals surface area contributed by atoms with Gasteiger partial charge in [0.2, 0.25) is 0 Å². The van der Waals surface area contributed by atoms with E-state index in [0.29, 0.717) is 0 Å². The highest BCUT2D eigenvalue weighted by atomic mass is 28.3. The molecule has 0 aromatic heterocycles. The van der Waals surface area contributed by atoms with Crippen molar-refractivity contribution in [3.8, 4) is 0 Å². The van der Waals surface area contributed by atoms with Crippen molar-refractivity contribution in [2.24, 2.45) is 0 Å². The summed E-state index contributed by atoms with van der Waals surface area (Å²) in [5.41, 5.74) is 2.47. The van der Waals surface area contributed by atoms with Crippen LogP contribution in [0.1, 0.15) is 52.0 Å². The van der Waals surface area contributed by atoms with Gasteiger partial charge in [-0.3, -0.25) is 0 Å². The van der Waals surface area contributed by atoms with Crippen LogP contribution in [0.4, 0.5) is 0 Å². The Morgan fingerprint density at radius 3 is 2.25 bits per heavy atom. The molecule has 1 rings (SSSR count). The standard InChI is InChI=1S/C18H31NSi/c1-6-8-13-19(14-9-7-2)20(5)18-12-10-11-17(15-18)16(3)4/h10-12,15,20H,3,6-9,13-14H2,1-2,4-5H3. The molecule has 20 heavy (non-hydrogen) atoms. The highest BCUT2D eigenvalue weighted by Crippen LogP contribution is 2.10. The van der Waals surface area contributed by atoms with Crippen LogP contribution in [-0.2, 0) is 0 Å². The Labute approximate surface area is 127 Å². The maximum atomic E-state index is 4.07. The highest BCUT2D eigenvalue weighted by molar-refractivity contribution is 6.69. The van der Waals surface area contributed by atoms with E-state index in [0.717, 1.165) is 0 Å². The molecule has 0 aliphatic heterocycles. The van der Waals surface area contributed by atoms with Gasteiger partial charge in [-0.2, -0.15) is 0 Å². The van der Waals surface area contributed by atoms with Crippen molar-refractivity contribution >= 4 is 19.7 Å². The van der Waals surface area contributed by atoms with Gasteiger partial charge in [0.1, 0.15) is 8.96 Å². The summed E-state index contributed by atoms with van der Waals surface area (Å²) < 4.78 is 2.77. The number of rotatable bonds is 9. The molecule has 0 heterocycles. The Morgan fingerprint density at radius 1 is 1.15 bits per heavy atom. The third-order valence-electron chi connectivity index (χ3n) is 4.01. The second-order valence-corrected chi connectivity index (χ2v) is 8.57. The lowest BCUT2D eigenvalue weighted by molar-refractivity contribution is 0.415. The molecule has 0 aliphatic carbocycles. The van der Waals surface area contributed by atoms with Crippen LogP contribution in [0, 0.1) is 0 Å². The zero-order valence-electron chi connectivity index (χ0n) is 13.8. The minimum atomic E-state index is -1.02. The summed E-state index contributed by atoms with van der Waals surface area (Å²) in [5, 5.41) is 1.55. The van der Waals surface area contributed by atoms with Crippen LogP contribution in [0.5, 0.6) is 0 Å². The van der Waals surface area contributed by atoms with Gasteiger partial charge in [0, 0.05) is 0 Å². The van der Waals surface area contributed by atoms with Gasteiger partial charge < -0.3 is 4.57 Å². The largest absolute Gasteiger partial charge is 0.323 e. The molecule has 0 saturated heterocycles. The number of nitrogens with zero attached hydrogens (tertiary/aromatic N) is 1. The predicted molar refractivity (Wildman–Crippen MR) is 95.2 cm³/mol.